The van der Waals surface area contributed by atoms with Crippen LogP contribution in [0.5, 0.6) is 0 Å². The standard InChI is InChI=1S/C9H15NO2.ClH/c1-2-12-9(11)7-8-3-5-10-6-4-8;/h7,10H,2-6H2,1H3;1H. The molecule has 1 aliphatic rings. The van der Waals surface area contributed by atoms with Gasteiger partial charge in [-0.05, 0) is 32.9 Å². The van der Waals surface area contributed by atoms with Gasteiger partial charge in [-0.3, -0.25) is 0 Å². The predicted molar refractivity (Wildman–Crippen MR) is 54.1 cm³/mol. The second-order valence-corrected chi connectivity index (χ2v) is 2.80. The molecule has 1 heterocycles. The van der Waals surface area contributed by atoms with Crippen LogP contribution in [0, 0.1) is 0 Å². The van der Waals surface area contributed by atoms with E-state index < -0.39 is 0 Å². The Morgan fingerprint density at radius 2 is 2.15 bits per heavy atom. The van der Waals surface area contributed by atoms with E-state index in [4.69, 9.17) is 4.74 Å². The lowest BCUT2D eigenvalue weighted by molar-refractivity contribution is -0.137. The van der Waals surface area contributed by atoms with E-state index in [2.05, 4.69) is 5.32 Å². The molecule has 0 bridgehead atoms. The van der Waals surface area contributed by atoms with Crippen LogP contribution in [0.15, 0.2) is 11.6 Å². The maximum Gasteiger partial charge on any atom is 0.330 e. The summed E-state index contributed by atoms with van der Waals surface area (Å²) in [5, 5.41) is 3.23. The Labute approximate surface area is 84.9 Å². The molecule has 0 radical (unpaired) electrons. The van der Waals surface area contributed by atoms with Crippen molar-refractivity contribution in [3.8, 4) is 0 Å². The van der Waals surface area contributed by atoms with Crippen molar-refractivity contribution >= 4 is 18.4 Å². The van der Waals surface area contributed by atoms with E-state index in [0.717, 1.165) is 25.9 Å². The fourth-order valence-electron chi connectivity index (χ4n) is 1.24. The second kappa shape index (κ2) is 6.92. The Kier molecular flexibility index (Phi) is 6.63. The van der Waals surface area contributed by atoms with Gasteiger partial charge in [-0.15, -0.1) is 12.4 Å². The van der Waals surface area contributed by atoms with Crippen LogP contribution in [-0.4, -0.2) is 25.7 Å². The SMILES string of the molecule is CCOC(=O)C=C1CCNCC1.Cl. The van der Waals surface area contributed by atoms with Gasteiger partial charge in [-0.1, -0.05) is 5.57 Å². The van der Waals surface area contributed by atoms with Crippen LogP contribution < -0.4 is 5.32 Å². The lowest BCUT2D eigenvalue weighted by Crippen LogP contribution is -2.23. The molecule has 0 spiro atoms. The van der Waals surface area contributed by atoms with Crippen molar-refractivity contribution < 1.29 is 9.53 Å². The van der Waals surface area contributed by atoms with Gasteiger partial charge in [0.1, 0.15) is 0 Å². The van der Waals surface area contributed by atoms with Gasteiger partial charge in [0.15, 0.2) is 0 Å². The number of rotatable bonds is 2. The molecular weight excluding hydrogens is 190 g/mol. The predicted octanol–water partition coefficient (Wildman–Crippen LogP) is 1.28. The lowest BCUT2D eigenvalue weighted by Gasteiger charge is -2.14. The first-order valence-electron chi connectivity index (χ1n) is 4.40. The molecule has 1 fully saturated rings. The van der Waals surface area contributed by atoms with E-state index in [1.807, 2.05) is 6.92 Å². The minimum Gasteiger partial charge on any atom is -0.463 e. The zero-order chi connectivity index (χ0) is 8.81. The topological polar surface area (TPSA) is 38.3 Å². The lowest BCUT2D eigenvalue weighted by atomic mass is 10.1. The quantitative estimate of drug-likeness (QED) is 0.545. The maximum atomic E-state index is 11.0. The average molecular weight is 206 g/mol. The molecule has 4 heteroatoms. The summed E-state index contributed by atoms with van der Waals surface area (Å²) in [7, 11) is 0. The fourth-order valence-corrected chi connectivity index (χ4v) is 1.24. The minimum atomic E-state index is -0.200. The largest absolute Gasteiger partial charge is 0.463 e. The third kappa shape index (κ3) is 4.90. The van der Waals surface area contributed by atoms with Crippen molar-refractivity contribution in [3.05, 3.63) is 11.6 Å². The highest BCUT2D eigenvalue weighted by Gasteiger charge is 2.06. The first kappa shape index (κ1) is 12.5. The zero-order valence-corrected chi connectivity index (χ0v) is 8.65. The smallest absolute Gasteiger partial charge is 0.330 e. The van der Waals surface area contributed by atoms with Gasteiger partial charge in [-0.2, -0.15) is 0 Å². The average Bonchev–Trinajstić information content (AvgIpc) is 2.06. The minimum absolute atomic E-state index is 0. The van der Waals surface area contributed by atoms with Crippen LogP contribution in [0.1, 0.15) is 19.8 Å². The van der Waals surface area contributed by atoms with Crippen LogP contribution in [0.4, 0.5) is 0 Å². The summed E-state index contributed by atoms with van der Waals surface area (Å²) in [5.41, 5.74) is 1.20. The van der Waals surface area contributed by atoms with Crippen LogP contribution in [0.2, 0.25) is 0 Å². The Morgan fingerprint density at radius 1 is 1.54 bits per heavy atom. The number of hydrogen-bond donors (Lipinski definition) is 1. The molecule has 13 heavy (non-hydrogen) atoms. The molecular formula is C9H16ClNO2. The van der Waals surface area contributed by atoms with Gasteiger partial charge >= 0.3 is 5.97 Å². The molecule has 0 aromatic carbocycles. The van der Waals surface area contributed by atoms with Gasteiger partial charge < -0.3 is 10.1 Å². The van der Waals surface area contributed by atoms with Crippen molar-refractivity contribution in [2.24, 2.45) is 0 Å². The molecule has 1 saturated heterocycles. The van der Waals surface area contributed by atoms with E-state index in [-0.39, 0.29) is 18.4 Å². The molecule has 76 valence electrons. The molecule has 1 rings (SSSR count). The molecule has 0 unspecified atom stereocenters. The number of carbonyl (C=O) groups excluding carboxylic acids is 1. The fraction of sp³-hybridized carbons (Fsp3) is 0.667. The summed E-state index contributed by atoms with van der Waals surface area (Å²) in [6, 6.07) is 0. The van der Waals surface area contributed by atoms with E-state index >= 15 is 0 Å². The number of hydrogen-bond acceptors (Lipinski definition) is 3. The van der Waals surface area contributed by atoms with Crippen molar-refractivity contribution in [1.29, 1.82) is 0 Å². The van der Waals surface area contributed by atoms with E-state index in [9.17, 15) is 4.79 Å². The highest BCUT2D eigenvalue weighted by atomic mass is 35.5. The molecule has 0 aromatic heterocycles. The highest BCUT2D eigenvalue weighted by Crippen LogP contribution is 2.09. The third-order valence-electron chi connectivity index (χ3n) is 1.85. The van der Waals surface area contributed by atoms with Crippen LogP contribution >= 0.6 is 12.4 Å². The molecule has 0 amide bonds. The summed E-state index contributed by atoms with van der Waals surface area (Å²) in [6.45, 7) is 4.23. The molecule has 1 aliphatic heterocycles. The van der Waals surface area contributed by atoms with Gasteiger partial charge in [0.25, 0.3) is 0 Å². The summed E-state index contributed by atoms with van der Waals surface area (Å²) < 4.78 is 4.81. The number of carbonyl (C=O) groups is 1. The van der Waals surface area contributed by atoms with Crippen molar-refractivity contribution in [2.45, 2.75) is 19.8 Å². The third-order valence-corrected chi connectivity index (χ3v) is 1.85. The number of nitrogens with one attached hydrogen (secondary N) is 1. The summed E-state index contributed by atoms with van der Waals surface area (Å²) in [5.74, 6) is -0.200. The number of ether oxygens (including phenoxy) is 1. The first-order valence-corrected chi connectivity index (χ1v) is 4.40. The molecule has 0 saturated carbocycles. The number of esters is 1. The normalized spacial score (nSPS) is 15.9. The Hall–Kier alpha value is -0.540. The van der Waals surface area contributed by atoms with Gasteiger partial charge in [0, 0.05) is 6.08 Å². The Morgan fingerprint density at radius 3 is 2.69 bits per heavy atom. The van der Waals surface area contributed by atoms with Gasteiger partial charge in [0.2, 0.25) is 0 Å². The Bertz CT molecular complexity index is 184. The monoisotopic (exact) mass is 205 g/mol. The van der Waals surface area contributed by atoms with Crippen LogP contribution in [0.3, 0.4) is 0 Å². The summed E-state index contributed by atoms with van der Waals surface area (Å²) >= 11 is 0. The van der Waals surface area contributed by atoms with Crippen LogP contribution in [0.25, 0.3) is 0 Å². The molecule has 0 atom stereocenters. The Balaban J connectivity index is 0.00000144. The molecule has 0 aromatic rings. The van der Waals surface area contributed by atoms with Crippen molar-refractivity contribution in [1.82, 2.24) is 5.32 Å². The highest BCUT2D eigenvalue weighted by molar-refractivity contribution is 5.85. The van der Waals surface area contributed by atoms with Crippen molar-refractivity contribution in [3.63, 3.8) is 0 Å². The van der Waals surface area contributed by atoms with Crippen molar-refractivity contribution in [2.75, 3.05) is 19.7 Å². The summed E-state index contributed by atoms with van der Waals surface area (Å²) in [6.07, 6.45) is 3.57. The van der Waals surface area contributed by atoms with E-state index in [1.54, 1.807) is 6.08 Å². The molecule has 1 N–H and O–H groups in total. The summed E-state index contributed by atoms with van der Waals surface area (Å²) in [4.78, 5) is 11.0. The van der Waals surface area contributed by atoms with E-state index in [1.165, 1.54) is 5.57 Å². The van der Waals surface area contributed by atoms with E-state index in [0.29, 0.717) is 6.61 Å². The number of halogens is 1. The zero-order valence-electron chi connectivity index (χ0n) is 7.84. The molecule has 0 aliphatic carbocycles. The molecule has 3 nitrogen and oxygen atoms in total. The van der Waals surface area contributed by atoms with Gasteiger partial charge in [-0.25, -0.2) is 4.79 Å². The van der Waals surface area contributed by atoms with Gasteiger partial charge in [0.05, 0.1) is 6.61 Å². The van der Waals surface area contributed by atoms with Crippen LogP contribution in [-0.2, 0) is 9.53 Å². The maximum absolute atomic E-state index is 11.0. The number of piperidine rings is 1. The second-order valence-electron chi connectivity index (χ2n) is 2.80. The first-order chi connectivity index (χ1) is 5.83.